The summed E-state index contributed by atoms with van der Waals surface area (Å²) in [7, 11) is 0. The number of anilines is 2. The van der Waals surface area contributed by atoms with E-state index >= 15 is 0 Å². The average molecular weight is 391 g/mol. The van der Waals surface area contributed by atoms with E-state index in [2.05, 4.69) is 20.6 Å². The fourth-order valence-electron chi connectivity index (χ4n) is 2.37. The average Bonchev–Trinajstić information content (AvgIpc) is 2.63. The van der Waals surface area contributed by atoms with Crippen molar-refractivity contribution in [2.75, 3.05) is 17.2 Å². The third-order valence-corrected chi connectivity index (χ3v) is 4.32. The molecule has 4 nitrogen and oxygen atoms in total. The predicted octanol–water partition coefficient (Wildman–Crippen LogP) is 5.19. The summed E-state index contributed by atoms with van der Waals surface area (Å²) in [4.78, 5) is 8.62. The molecule has 7 heteroatoms. The zero-order valence-electron chi connectivity index (χ0n) is 13.8. The molecule has 0 spiro atoms. The summed E-state index contributed by atoms with van der Waals surface area (Å²) in [6.45, 7) is 1.19. The second-order valence-electron chi connectivity index (χ2n) is 5.66. The molecule has 134 valence electrons. The van der Waals surface area contributed by atoms with Crippen molar-refractivity contribution in [1.82, 2.24) is 9.97 Å². The number of halogens is 3. The number of nitrogens with zero attached hydrogens (tertiary/aromatic N) is 2. The van der Waals surface area contributed by atoms with Crippen LogP contribution in [0.2, 0.25) is 10.0 Å². The Balaban J connectivity index is 1.52. The molecule has 0 saturated heterocycles. The molecule has 26 heavy (non-hydrogen) atoms. The molecular weight excluding hydrogens is 374 g/mol. The van der Waals surface area contributed by atoms with Crippen LogP contribution in [0.25, 0.3) is 0 Å². The summed E-state index contributed by atoms with van der Waals surface area (Å²) in [5, 5.41) is 7.64. The van der Waals surface area contributed by atoms with Gasteiger partial charge in [0.1, 0.15) is 11.6 Å². The minimum absolute atomic E-state index is 0.247. The summed E-state index contributed by atoms with van der Waals surface area (Å²) < 4.78 is 12.9. The quantitative estimate of drug-likeness (QED) is 0.582. The number of hydrogen-bond acceptors (Lipinski definition) is 4. The molecule has 2 aromatic carbocycles. The van der Waals surface area contributed by atoms with Crippen LogP contribution in [0.3, 0.4) is 0 Å². The molecule has 0 aliphatic heterocycles. The fraction of sp³-hybridized carbons (Fsp3) is 0.158. The first-order chi connectivity index (χ1) is 12.6. The van der Waals surface area contributed by atoms with Crippen molar-refractivity contribution in [3.05, 3.63) is 81.7 Å². The minimum Gasteiger partial charge on any atom is -0.366 e. The lowest BCUT2D eigenvalue weighted by atomic mass is 10.1. The number of benzene rings is 2. The Bertz CT molecular complexity index is 872. The maximum absolute atomic E-state index is 12.9. The molecule has 0 unspecified atom stereocenters. The molecule has 0 radical (unpaired) electrons. The van der Waals surface area contributed by atoms with Gasteiger partial charge in [0.15, 0.2) is 0 Å². The van der Waals surface area contributed by atoms with Gasteiger partial charge in [0, 0.05) is 29.3 Å². The molecule has 3 rings (SSSR count). The lowest BCUT2D eigenvalue weighted by molar-refractivity contribution is 0.627. The van der Waals surface area contributed by atoms with Gasteiger partial charge in [0.25, 0.3) is 0 Å². The van der Waals surface area contributed by atoms with E-state index in [1.807, 2.05) is 12.1 Å². The first-order valence-corrected chi connectivity index (χ1v) is 8.85. The Morgan fingerprint density at radius 1 is 0.962 bits per heavy atom. The Morgan fingerprint density at radius 2 is 1.77 bits per heavy atom. The van der Waals surface area contributed by atoms with Gasteiger partial charge in [-0.1, -0.05) is 41.4 Å². The van der Waals surface area contributed by atoms with Gasteiger partial charge in [0.2, 0.25) is 5.95 Å². The van der Waals surface area contributed by atoms with Gasteiger partial charge in [-0.05, 0) is 47.9 Å². The molecular formula is C19H17Cl2FN4. The van der Waals surface area contributed by atoms with Crippen LogP contribution in [0, 0.1) is 5.82 Å². The summed E-state index contributed by atoms with van der Waals surface area (Å²) in [5.41, 5.74) is 1.98. The molecule has 0 aliphatic carbocycles. The van der Waals surface area contributed by atoms with Gasteiger partial charge < -0.3 is 10.6 Å². The van der Waals surface area contributed by atoms with E-state index in [1.54, 1.807) is 30.5 Å². The van der Waals surface area contributed by atoms with Crippen molar-refractivity contribution in [3.63, 3.8) is 0 Å². The van der Waals surface area contributed by atoms with Crippen LogP contribution in [0.15, 0.2) is 54.7 Å². The molecule has 0 aliphatic rings. The van der Waals surface area contributed by atoms with E-state index in [1.165, 1.54) is 12.1 Å². The summed E-state index contributed by atoms with van der Waals surface area (Å²) in [6.07, 6.45) is 2.41. The summed E-state index contributed by atoms with van der Waals surface area (Å²) >= 11 is 12.1. The van der Waals surface area contributed by atoms with E-state index in [4.69, 9.17) is 23.2 Å². The van der Waals surface area contributed by atoms with E-state index in [-0.39, 0.29) is 5.82 Å². The van der Waals surface area contributed by atoms with Crippen molar-refractivity contribution < 1.29 is 4.39 Å². The molecule has 0 fully saturated rings. The highest BCUT2D eigenvalue weighted by Gasteiger charge is 2.03. The summed E-state index contributed by atoms with van der Waals surface area (Å²) in [6, 6.07) is 13.6. The van der Waals surface area contributed by atoms with E-state index in [9.17, 15) is 4.39 Å². The third-order valence-electron chi connectivity index (χ3n) is 3.74. The number of hydrogen-bond donors (Lipinski definition) is 2. The van der Waals surface area contributed by atoms with E-state index in [0.717, 1.165) is 17.5 Å². The van der Waals surface area contributed by atoms with Crippen LogP contribution < -0.4 is 10.6 Å². The van der Waals surface area contributed by atoms with E-state index < -0.39 is 0 Å². The number of aromatic nitrogens is 2. The molecule has 1 aromatic heterocycles. The maximum Gasteiger partial charge on any atom is 0.224 e. The third kappa shape index (κ3) is 5.31. The SMILES string of the molecule is Fc1ccc(CNc2ccnc(NCCc3ccc(Cl)cc3Cl)n2)cc1. The fourth-order valence-corrected chi connectivity index (χ4v) is 2.87. The van der Waals surface area contributed by atoms with Gasteiger partial charge in [-0.25, -0.2) is 9.37 Å². The molecule has 0 bridgehead atoms. The van der Waals surface area contributed by atoms with Gasteiger partial charge >= 0.3 is 0 Å². The highest BCUT2D eigenvalue weighted by Crippen LogP contribution is 2.21. The zero-order valence-corrected chi connectivity index (χ0v) is 15.4. The van der Waals surface area contributed by atoms with Crippen LogP contribution in [-0.4, -0.2) is 16.5 Å². The Labute approximate surface area is 161 Å². The highest BCUT2D eigenvalue weighted by molar-refractivity contribution is 6.35. The van der Waals surface area contributed by atoms with Crippen LogP contribution in [-0.2, 0) is 13.0 Å². The second kappa shape index (κ2) is 8.83. The largest absolute Gasteiger partial charge is 0.366 e. The molecule has 1 heterocycles. The van der Waals surface area contributed by atoms with Crippen LogP contribution in [0.1, 0.15) is 11.1 Å². The van der Waals surface area contributed by atoms with E-state index in [0.29, 0.717) is 34.9 Å². The summed E-state index contributed by atoms with van der Waals surface area (Å²) in [5.74, 6) is 0.971. The first-order valence-electron chi connectivity index (χ1n) is 8.09. The monoisotopic (exact) mass is 390 g/mol. The Morgan fingerprint density at radius 3 is 2.54 bits per heavy atom. The van der Waals surface area contributed by atoms with Crippen LogP contribution in [0.5, 0.6) is 0 Å². The smallest absolute Gasteiger partial charge is 0.224 e. The number of rotatable bonds is 7. The van der Waals surface area contributed by atoms with Crippen LogP contribution in [0.4, 0.5) is 16.2 Å². The van der Waals surface area contributed by atoms with Crippen molar-refractivity contribution in [2.24, 2.45) is 0 Å². The lowest BCUT2D eigenvalue weighted by Gasteiger charge is -2.09. The molecule has 3 aromatic rings. The van der Waals surface area contributed by atoms with Crippen molar-refractivity contribution >= 4 is 35.0 Å². The molecule has 0 saturated carbocycles. The van der Waals surface area contributed by atoms with Crippen molar-refractivity contribution in [2.45, 2.75) is 13.0 Å². The van der Waals surface area contributed by atoms with Gasteiger partial charge in [0.05, 0.1) is 0 Å². The first kappa shape index (κ1) is 18.4. The standard InChI is InChI=1S/C19H17Cl2FN4/c20-15-4-3-14(17(21)11-15)7-9-23-19-24-10-8-18(26-19)25-12-13-1-5-16(22)6-2-13/h1-6,8,10-11H,7,9,12H2,(H2,23,24,25,26). The van der Waals surface area contributed by atoms with Gasteiger partial charge in [-0.2, -0.15) is 4.98 Å². The molecule has 2 N–H and O–H groups in total. The van der Waals surface area contributed by atoms with Gasteiger partial charge in [-0.15, -0.1) is 0 Å². The molecule has 0 amide bonds. The normalized spacial score (nSPS) is 10.6. The zero-order chi connectivity index (χ0) is 18.4. The van der Waals surface area contributed by atoms with Crippen molar-refractivity contribution in [3.8, 4) is 0 Å². The molecule has 0 atom stereocenters. The van der Waals surface area contributed by atoms with Crippen molar-refractivity contribution in [1.29, 1.82) is 0 Å². The predicted molar refractivity (Wildman–Crippen MR) is 104 cm³/mol. The highest BCUT2D eigenvalue weighted by atomic mass is 35.5. The lowest BCUT2D eigenvalue weighted by Crippen LogP contribution is -2.09. The Kier molecular flexibility index (Phi) is 6.26. The Hall–Kier alpha value is -2.37. The minimum atomic E-state index is -0.247. The second-order valence-corrected chi connectivity index (χ2v) is 6.50. The maximum atomic E-state index is 12.9. The van der Waals surface area contributed by atoms with Crippen LogP contribution >= 0.6 is 23.2 Å². The topological polar surface area (TPSA) is 49.8 Å². The number of nitrogens with one attached hydrogen (secondary N) is 2. The van der Waals surface area contributed by atoms with Gasteiger partial charge in [-0.3, -0.25) is 0 Å².